The van der Waals surface area contributed by atoms with E-state index in [9.17, 15) is 0 Å². The summed E-state index contributed by atoms with van der Waals surface area (Å²) in [6.07, 6.45) is 14.2. The molecule has 0 spiro atoms. The number of aryl methyl sites for hydroxylation is 1. The molecule has 0 radical (unpaired) electrons. The molecular weight excluding hydrogens is 344 g/mol. The predicted molar refractivity (Wildman–Crippen MR) is 115 cm³/mol. The number of nitrogens with one attached hydrogen (secondary N) is 2. The second-order valence-corrected chi connectivity index (χ2v) is 8.81. The summed E-state index contributed by atoms with van der Waals surface area (Å²) >= 11 is 0. The van der Waals surface area contributed by atoms with Crippen molar-refractivity contribution in [3.8, 4) is 11.3 Å². The number of anilines is 1. The first-order valence-corrected chi connectivity index (χ1v) is 11.1. The molecule has 0 saturated heterocycles. The van der Waals surface area contributed by atoms with Crippen LogP contribution in [-0.4, -0.2) is 15.8 Å². The highest BCUT2D eigenvalue weighted by molar-refractivity contribution is 5.73. The Kier molecular flexibility index (Phi) is 4.98. The highest BCUT2D eigenvalue weighted by atomic mass is 15.3. The molecule has 3 aliphatic rings. The van der Waals surface area contributed by atoms with E-state index in [0.29, 0.717) is 12.0 Å². The molecule has 2 N–H and O–H groups in total. The molecule has 0 bridgehead atoms. The van der Waals surface area contributed by atoms with E-state index in [1.807, 2.05) is 4.68 Å². The van der Waals surface area contributed by atoms with E-state index in [-0.39, 0.29) is 0 Å². The van der Waals surface area contributed by atoms with Crippen molar-refractivity contribution in [3.05, 3.63) is 47.2 Å². The number of hydrogen-bond acceptors (Lipinski definition) is 3. The topological polar surface area (TPSA) is 41.9 Å². The monoisotopic (exact) mass is 376 g/mol. The van der Waals surface area contributed by atoms with Crippen LogP contribution in [0.5, 0.6) is 0 Å². The zero-order valence-electron chi connectivity index (χ0n) is 17.0. The van der Waals surface area contributed by atoms with Crippen molar-refractivity contribution < 1.29 is 0 Å². The first-order valence-electron chi connectivity index (χ1n) is 11.1. The van der Waals surface area contributed by atoms with Gasteiger partial charge in [0.15, 0.2) is 0 Å². The number of rotatable bonds is 4. The van der Waals surface area contributed by atoms with Gasteiger partial charge in [0.1, 0.15) is 5.82 Å². The van der Waals surface area contributed by atoms with Crippen molar-refractivity contribution in [1.82, 2.24) is 15.1 Å². The van der Waals surface area contributed by atoms with Gasteiger partial charge in [-0.05, 0) is 43.2 Å². The Balaban J connectivity index is 1.36. The van der Waals surface area contributed by atoms with Crippen molar-refractivity contribution in [2.75, 3.05) is 5.32 Å². The second-order valence-electron chi connectivity index (χ2n) is 8.81. The number of aromatic nitrogens is 2. The molecule has 4 heteroatoms. The Labute approximate surface area is 168 Å². The lowest BCUT2D eigenvalue weighted by Gasteiger charge is -2.30. The average molecular weight is 377 g/mol. The fourth-order valence-corrected chi connectivity index (χ4v) is 5.30. The lowest BCUT2D eigenvalue weighted by Crippen LogP contribution is -2.30. The summed E-state index contributed by atoms with van der Waals surface area (Å²) in [6, 6.07) is 9.79. The molecule has 2 heterocycles. The third-order valence-electron chi connectivity index (χ3n) is 6.91. The van der Waals surface area contributed by atoms with Crippen LogP contribution in [0.3, 0.4) is 0 Å². The number of benzene rings is 1. The van der Waals surface area contributed by atoms with Crippen molar-refractivity contribution in [3.63, 3.8) is 0 Å². The fraction of sp³-hybridized carbons (Fsp3) is 0.542. The van der Waals surface area contributed by atoms with Gasteiger partial charge in [0.25, 0.3) is 0 Å². The molecule has 2 fully saturated rings. The second kappa shape index (κ2) is 7.75. The molecule has 2 aliphatic carbocycles. The summed E-state index contributed by atoms with van der Waals surface area (Å²) in [7, 11) is 2.06. The van der Waals surface area contributed by atoms with E-state index < -0.39 is 0 Å². The lowest BCUT2D eigenvalue weighted by atomic mass is 9.78. The van der Waals surface area contributed by atoms with Crippen LogP contribution in [-0.2, 0) is 13.6 Å². The number of hydrogen-bond donors (Lipinski definition) is 2. The van der Waals surface area contributed by atoms with Gasteiger partial charge in [-0.15, -0.1) is 0 Å². The third-order valence-corrected chi connectivity index (χ3v) is 6.91. The Morgan fingerprint density at radius 1 is 1.04 bits per heavy atom. The Hall–Kier alpha value is -2.07. The normalized spacial score (nSPS) is 22.2. The maximum atomic E-state index is 4.91. The molecule has 2 saturated carbocycles. The highest BCUT2D eigenvalue weighted by Gasteiger charge is 2.32. The molecule has 4 nitrogen and oxygen atoms in total. The van der Waals surface area contributed by atoms with Gasteiger partial charge in [0, 0.05) is 42.9 Å². The van der Waals surface area contributed by atoms with Crippen LogP contribution in [0.1, 0.15) is 74.8 Å². The van der Waals surface area contributed by atoms with Gasteiger partial charge in [-0.25, -0.2) is 0 Å². The maximum absolute atomic E-state index is 4.91. The van der Waals surface area contributed by atoms with Gasteiger partial charge in [-0.3, -0.25) is 4.68 Å². The van der Waals surface area contributed by atoms with Gasteiger partial charge in [-0.1, -0.05) is 49.9 Å². The van der Waals surface area contributed by atoms with Gasteiger partial charge >= 0.3 is 0 Å². The Morgan fingerprint density at radius 2 is 1.82 bits per heavy atom. The van der Waals surface area contributed by atoms with Crippen LogP contribution in [0.25, 0.3) is 11.3 Å². The maximum Gasteiger partial charge on any atom is 0.132 e. The quantitative estimate of drug-likeness (QED) is 0.743. The van der Waals surface area contributed by atoms with Crippen molar-refractivity contribution in [2.24, 2.45) is 7.05 Å². The summed E-state index contributed by atoms with van der Waals surface area (Å²) in [5.74, 6) is 1.72. The summed E-state index contributed by atoms with van der Waals surface area (Å²) in [5.41, 5.74) is 6.74. The third kappa shape index (κ3) is 3.39. The lowest BCUT2D eigenvalue weighted by molar-refractivity contribution is 0.372. The van der Waals surface area contributed by atoms with Crippen LogP contribution >= 0.6 is 0 Å². The molecular formula is C24H32N4. The fourth-order valence-electron chi connectivity index (χ4n) is 5.30. The minimum Gasteiger partial charge on any atom is -0.347 e. The molecule has 0 amide bonds. The molecule has 5 rings (SSSR count). The van der Waals surface area contributed by atoms with E-state index >= 15 is 0 Å². The standard InChI is InChI=1S/C24H32N4/c1-28-24-22(21-10-6-5-7-19(21)16-26-24)23(27-28)18-13-11-17(12-14-18)15-25-20-8-3-2-4-9-20/h11-14,16,20-21,25-26H,2-10,15H2,1H3. The summed E-state index contributed by atoms with van der Waals surface area (Å²) in [5, 5.41) is 12.2. The zero-order chi connectivity index (χ0) is 18.9. The molecule has 1 unspecified atom stereocenters. The Bertz CT molecular complexity index is 855. The van der Waals surface area contributed by atoms with Crippen LogP contribution in [0.15, 0.2) is 36.0 Å². The van der Waals surface area contributed by atoms with E-state index in [1.165, 1.54) is 80.3 Å². The minimum absolute atomic E-state index is 0.543. The van der Waals surface area contributed by atoms with E-state index in [4.69, 9.17) is 5.10 Å². The van der Waals surface area contributed by atoms with Crippen molar-refractivity contribution >= 4 is 5.82 Å². The number of fused-ring (bicyclic) bond motifs is 3. The predicted octanol–water partition coefficient (Wildman–Crippen LogP) is 5.48. The van der Waals surface area contributed by atoms with Crippen molar-refractivity contribution in [1.29, 1.82) is 0 Å². The van der Waals surface area contributed by atoms with Crippen molar-refractivity contribution in [2.45, 2.75) is 76.3 Å². The summed E-state index contributed by atoms with van der Waals surface area (Å²) in [4.78, 5) is 0. The van der Waals surface area contributed by atoms with E-state index in [1.54, 1.807) is 5.57 Å². The van der Waals surface area contributed by atoms with Gasteiger partial charge in [0.2, 0.25) is 0 Å². The zero-order valence-corrected chi connectivity index (χ0v) is 17.0. The van der Waals surface area contributed by atoms with Crippen LogP contribution in [0, 0.1) is 0 Å². The molecule has 1 atom stereocenters. The summed E-state index contributed by atoms with van der Waals surface area (Å²) in [6.45, 7) is 0.975. The van der Waals surface area contributed by atoms with Crippen LogP contribution < -0.4 is 10.6 Å². The first kappa shape index (κ1) is 18.0. The minimum atomic E-state index is 0.543. The molecule has 28 heavy (non-hydrogen) atoms. The van der Waals surface area contributed by atoms with E-state index in [2.05, 4.69) is 48.1 Å². The SMILES string of the molecule is Cn1nc(-c2ccc(CNC3CCCCC3)cc2)c2c1NC=C1CCCCC12. The van der Waals surface area contributed by atoms with E-state index in [0.717, 1.165) is 12.2 Å². The highest BCUT2D eigenvalue weighted by Crippen LogP contribution is 2.46. The molecule has 2 aromatic rings. The molecule has 1 aromatic carbocycles. The van der Waals surface area contributed by atoms with Gasteiger partial charge in [0.05, 0.1) is 5.69 Å². The summed E-state index contributed by atoms with van der Waals surface area (Å²) < 4.78 is 2.02. The number of allylic oxidation sites excluding steroid dienone is 1. The smallest absolute Gasteiger partial charge is 0.132 e. The molecule has 148 valence electrons. The molecule has 1 aliphatic heterocycles. The number of nitrogens with zero attached hydrogens (tertiary/aromatic N) is 2. The molecule has 1 aromatic heterocycles. The van der Waals surface area contributed by atoms with Crippen LogP contribution in [0.4, 0.5) is 5.82 Å². The van der Waals surface area contributed by atoms with Gasteiger partial charge in [-0.2, -0.15) is 5.10 Å². The largest absolute Gasteiger partial charge is 0.347 e. The van der Waals surface area contributed by atoms with Crippen LogP contribution in [0.2, 0.25) is 0 Å². The average Bonchev–Trinajstić information content (AvgIpc) is 3.10. The first-order chi connectivity index (χ1) is 13.8. The Morgan fingerprint density at radius 3 is 2.64 bits per heavy atom. The van der Waals surface area contributed by atoms with Gasteiger partial charge < -0.3 is 10.6 Å².